The molecule has 5 nitrogen and oxygen atoms in total. The molecule has 0 spiro atoms. The van der Waals surface area contributed by atoms with E-state index in [0.717, 1.165) is 0 Å². The maximum atomic E-state index is 12.2. The second kappa shape index (κ2) is 6.32. The highest BCUT2D eigenvalue weighted by molar-refractivity contribution is 9.12. The Hall–Kier alpha value is -1.47. The first-order valence-electron chi connectivity index (χ1n) is 5.62. The fourth-order valence-corrected chi connectivity index (χ4v) is 2.64. The fraction of sp³-hybridized carbons (Fsp3) is 0.154. The highest BCUT2D eigenvalue weighted by Gasteiger charge is 2.29. The molecule has 0 aliphatic carbocycles. The minimum atomic E-state index is -0.620. The van der Waals surface area contributed by atoms with Crippen LogP contribution in [0.15, 0.2) is 46.9 Å². The number of halogens is 2. The lowest BCUT2D eigenvalue weighted by Gasteiger charge is -2.13. The lowest BCUT2D eigenvalue weighted by Crippen LogP contribution is -2.18. The van der Waals surface area contributed by atoms with Crippen LogP contribution in [-0.2, 0) is 0 Å². The van der Waals surface area contributed by atoms with Crippen molar-refractivity contribution in [1.82, 2.24) is 0 Å². The Morgan fingerprint density at radius 3 is 2.35 bits per heavy atom. The summed E-state index contributed by atoms with van der Waals surface area (Å²) in [5.74, 6) is -0.161. The van der Waals surface area contributed by atoms with Crippen LogP contribution in [-0.4, -0.2) is 15.5 Å². The van der Waals surface area contributed by atoms with Crippen LogP contribution in [0.1, 0.15) is 20.9 Å². The van der Waals surface area contributed by atoms with Crippen molar-refractivity contribution >= 4 is 43.5 Å². The lowest BCUT2D eigenvalue weighted by atomic mass is 10.1. The summed E-state index contributed by atoms with van der Waals surface area (Å²) in [6, 6.07) is 11.5. The van der Waals surface area contributed by atoms with Gasteiger partial charge in [-0.15, -0.1) is 0 Å². The second-order valence-electron chi connectivity index (χ2n) is 3.97. The molecule has 7 heteroatoms. The van der Waals surface area contributed by atoms with Crippen LogP contribution in [0.5, 0.6) is 0 Å². The van der Waals surface area contributed by atoms with Gasteiger partial charge in [0.05, 0.1) is 15.7 Å². The van der Waals surface area contributed by atoms with E-state index < -0.39 is 14.6 Å². The van der Waals surface area contributed by atoms with Crippen LogP contribution >= 0.6 is 31.9 Å². The number of nitrogens with zero attached hydrogens (tertiary/aromatic N) is 1. The number of furan rings is 1. The third-order valence-corrected chi connectivity index (χ3v) is 5.26. The molecule has 2 rings (SSSR count). The molecular weight excluding hydrogens is 394 g/mol. The van der Waals surface area contributed by atoms with Gasteiger partial charge in [0.2, 0.25) is 0 Å². The fourth-order valence-electron chi connectivity index (χ4n) is 1.63. The molecule has 2 atom stereocenters. The van der Waals surface area contributed by atoms with Gasteiger partial charge in [-0.3, -0.25) is 14.9 Å². The number of hydrogen-bond acceptors (Lipinski definition) is 4. The van der Waals surface area contributed by atoms with Gasteiger partial charge in [0, 0.05) is 5.56 Å². The molecule has 0 amide bonds. The van der Waals surface area contributed by atoms with Crippen molar-refractivity contribution in [3.63, 3.8) is 0 Å². The quantitative estimate of drug-likeness (QED) is 0.324. The topological polar surface area (TPSA) is 73.3 Å². The first-order valence-corrected chi connectivity index (χ1v) is 7.45. The number of nitro groups is 1. The summed E-state index contributed by atoms with van der Waals surface area (Å²) < 4.78 is 5.09. The minimum absolute atomic E-state index is 0.133. The molecular formula is C13H9Br2NO4. The van der Waals surface area contributed by atoms with Gasteiger partial charge >= 0.3 is 5.88 Å². The van der Waals surface area contributed by atoms with E-state index in [4.69, 9.17) is 4.42 Å². The Bertz CT molecular complexity index is 626. The molecule has 1 aromatic heterocycles. The van der Waals surface area contributed by atoms with Crippen molar-refractivity contribution in [2.75, 3.05) is 0 Å². The Morgan fingerprint density at radius 1 is 1.15 bits per heavy atom. The Labute approximate surface area is 131 Å². The molecule has 20 heavy (non-hydrogen) atoms. The predicted octanol–water partition coefficient (Wildman–Crippen LogP) is 4.27. The van der Waals surface area contributed by atoms with Gasteiger partial charge in [-0.05, 0) is 6.07 Å². The molecule has 2 aromatic rings. The smallest absolute Gasteiger partial charge is 0.405 e. The maximum absolute atomic E-state index is 12.2. The summed E-state index contributed by atoms with van der Waals surface area (Å²) in [5, 5.41) is 10.6. The number of rotatable bonds is 5. The van der Waals surface area contributed by atoms with E-state index in [0.29, 0.717) is 11.3 Å². The van der Waals surface area contributed by atoms with Crippen molar-refractivity contribution in [1.29, 1.82) is 0 Å². The van der Waals surface area contributed by atoms with E-state index in [9.17, 15) is 14.9 Å². The predicted molar refractivity (Wildman–Crippen MR) is 80.5 cm³/mol. The molecule has 0 aliphatic heterocycles. The average Bonchev–Trinajstić information content (AvgIpc) is 2.96. The summed E-state index contributed by atoms with van der Waals surface area (Å²) in [5.41, 5.74) is 0.555. The molecule has 0 radical (unpaired) electrons. The van der Waals surface area contributed by atoms with Crippen LogP contribution in [0.25, 0.3) is 0 Å². The molecule has 1 heterocycles. The number of Topliss-reactive ketones (excluding diaryl/α,β-unsaturated/α-hetero) is 1. The molecule has 0 aliphatic rings. The summed E-state index contributed by atoms with van der Waals surface area (Å²) in [6.07, 6.45) is 0. The van der Waals surface area contributed by atoms with Crippen LogP contribution in [0, 0.1) is 10.1 Å². The van der Waals surface area contributed by atoms with Crippen molar-refractivity contribution < 1.29 is 14.1 Å². The Morgan fingerprint density at radius 2 is 1.80 bits per heavy atom. The molecule has 0 bridgehead atoms. The van der Waals surface area contributed by atoms with Crippen molar-refractivity contribution in [2.24, 2.45) is 0 Å². The number of benzene rings is 1. The van der Waals surface area contributed by atoms with E-state index in [1.54, 1.807) is 24.3 Å². The van der Waals surface area contributed by atoms with Gasteiger partial charge in [0.1, 0.15) is 10.7 Å². The lowest BCUT2D eigenvalue weighted by molar-refractivity contribution is -0.402. The normalized spacial score (nSPS) is 13.7. The highest BCUT2D eigenvalue weighted by Crippen LogP contribution is 2.35. The summed E-state index contributed by atoms with van der Waals surface area (Å²) in [4.78, 5) is 21.1. The summed E-state index contributed by atoms with van der Waals surface area (Å²) >= 11 is 6.63. The Kier molecular flexibility index (Phi) is 4.72. The molecule has 0 N–H and O–H groups in total. The van der Waals surface area contributed by atoms with Gasteiger partial charge < -0.3 is 4.42 Å². The molecule has 0 saturated carbocycles. The average molecular weight is 403 g/mol. The second-order valence-corrected chi connectivity index (χ2v) is 5.94. The zero-order chi connectivity index (χ0) is 14.7. The van der Waals surface area contributed by atoms with E-state index in [1.807, 2.05) is 6.07 Å². The van der Waals surface area contributed by atoms with Crippen LogP contribution in [0.3, 0.4) is 0 Å². The van der Waals surface area contributed by atoms with Gasteiger partial charge in [-0.1, -0.05) is 62.2 Å². The SMILES string of the molecule is O=C(c1ccccc1)[C@@H](Br)[C@@H](Br)c1ccc([N+](=O)[O-])o1. The summed E-state index contributed by atoms with van der Waals surface area (Å²) in [6.45, 7) is 0. The first kappa shape index (κ1) is 14.9. The number of carbonyl (C=O) groups excluding carboxylic acids is 1. The number of carbonyl (C=O) groups is 1. The minimum Gasteiger partial charge on any atom is -0.405 e. The van der Waals surface area contributed by atoms with Crippen molar-refractivity contribution in [3.8, 4) is 0 Å². The zero-order valence-electron chi connectivity index (χ0n) is 10.0. The molecule has 0 saturated heterocycles. The number of ketones is 1. The van der Waals surface area contributed by atoms with E-state index >= 15 is 0 Å². The van der Waals surface area contributed by atoms with Gasteiger partial charge in [0.15, 0.2) is 5.78 Å². The first-order chi connectivity index (χ1) is 9.50. The Balaban J connectivity index is 2.17. The van der Waals surface area contributed by atoms with Crippen LogP contribution < -0.4 is 0 Å². The van der Waals surface area contributed by atoms with E-state index in [2.05, 4.69) is 31.9 Å². The third kappa shape index (κ3) is 3.16. The standard InChI is InChI=1S/C13H9Br2NO4/c14-11(9-6-7-10(20-9)16(18)19)12(15)13(17)8-4-2-1-3-5-8/h1-7,11-12H/t11-,12-/m0/s1. The molecule has 0 fully saturated rings. The van der Waals surface area contributed by atoms with Gasteiger partial charge in [-0.2, -0.15) is 0 Å². The number of alkyl halides is 2. The monoisotopic (exact) mass is 401 g/mol. The third-order valence-electron chi connectivity index (χ3n) is 2.63. The largest absolute Gasteiger partial charge is 0.433 e. The summed E-state index contributed by atoms with van der Waals surface area (Å²) in [7, 11) is 0. The van der Waals surface area contributed by atoms with E-state index in [1.165, 1.54) is 12.1 Å². The van der Waals surface area contributed by atoms with Crippen LogP contribution in [0.4, 0.5) is 5.88 Å². The van der Waals surface area contributed by atoms with Crippen molar-refractivity contribution in [3.05, 3.63) is 63.9 Å². The maximum Gasteiger partial charge on any atom is 0.433 e. The van der Waals surface area contributed by atoms with Gasteiger partial charge in [-0.25, -0.2) is 0 Å². The molecule has 0 unspecified atom stereocenters. The zero-order valence-corrected chi connectivity index (χ0v) is 13.2. The van der Waals surface area contributed by atoms with Gasteiger partial charge in [0.25, 0.3) is 0 Å². The highest BCUT2D eigenvalue weighted by atomic mass is 79.9. The van der Waals surface area contributed by atoms with Crippen molar-refractivity contribution in [2.45, 2.75) is 9.65 Å². The van der Waals surface area contributed by atoms with Crippen LogP contribution in [0.2, 0.25) is 0 Å². The molecule has 104 valence electrons. The van der Waals surface area contributed by atoms with E-state index in [-0.39, 0.29) is 11.7 Å². The molecule has 1 aromatic carbocycles. The number of hydrogen-bond donors (Lipinski definition) is 0.